The number of aromatic carboxylic acids is 1. The maximum absolute atomic E-state index is 12.4. The summed E-state index contributed by atoms with van der Waals surface area (Å²) in [7, 11) is 0. The fourth-order valence-electron chi connectivity index (χ4n) is 2.85. The molecule has 1 amide bonds. The highest BCUT2D eigenvalue weighted by molar-refractivity contribution is 7.13. The average Bonchev–Trinajstić information content (AvgIpc) is 3.15. The lowest BCUT2D eigenvalue weighted by Gasteiger charge is -2.10. The Morgan fingerprint density at radius 1 is 1.31 bits per heavy atom. The Bertz CT molecular complexity index is 1000. The van der Waals surface area contributed by atoms with Crippen LogP contribution in [0.15, 0.2) is 22.8 Å². The first-order valence-corrected chi connectivity index (χ1v) is 9.05. The van der Waals surface area contributed by atoms with Gasteiger partial charge in [-0.1, -0.05) is 12.1 Å². The van der Waals surface area contributed by atoms with E-state index in [4.69, 9.17) is 9.52 Å². The lowest BCUT2D eigenvalue weighted by atomic mass is 10.0. The number of fused-ring (bicyclic) bond motifs is 1. The number of nitrogens with zero attached hydrogens (tertiary/aromatic N) is 1. The molecule has 2 heterocycles. The zero-order valence-electron chi connectivity index (χ0n) is 15.0. The minimum absolute atomic E-state index is 0.164. The lowest BCUT2D eigenvalue weighted by Crippen LogP contribution is -2.28. The molecule has 1 aromatic carbocycles. The molecule has 2 N–H and O–H groups in total. The molecule has 3 rings (SSSR count). The van der Waals surface area contributed by atoms with E-state index in [9.17, 15) is 9.59 Å². The molecule has 3 aromatic rings. The molecule has 2 aromatic heterocycles. The van der Waals surface area contributed by atoms with Gasteiger partial charge in [0.15, 0.2) is 0 Å². The van der Waals surface area contributed by atoms with Crippen LogP contribution in [0.4, 0.5) is 0 Å². The Labute approximate surface area is 154 Å². The van der Waals surface area contributed by atoms with Crippen LogP contribution < -0.4 is 5.32 Å². The molecule has 0 fully saturated rings. The van der Waals surface area contributed by atoms with E-state index < -0.39 is 5.97 Å². The number of aromatic nitrogens is 1. The molecule has 0 saturated heterocycles. The number of carbonyl (C=O) groups excluding carboxylic acids is 1. The Balaban J connectivity index is 1.74. The Morgan fingerprint density at radius 3 is 2.69 bits per heavy atom. The maximum atomic E-state index is 12.4. The van der Waals surface area contributed by atoms with Gasteiger partial charge in [0, 0.05) is 10.9 Å². The summed E-state index contributed by atoms with van der Waals surface area (Å²) in [6.07, 6.45) is 1.81. The standard InChI is InChI=1S/C19H20N2O4S/c1-9-5-6-14-13(8-25-16(14)10(9)2)7-15(22)20-12(4)18-21-11(3)17(26-18)19(23)24/h5-6,8,12H,7H2,1-4H3,(H,20,22)(H,23,24). The van der Waals surface area contributed by atoms with E-state index in [1.165, 1.54) is 0 Å². The highest BCUT2D eigenvalue weighted by Crippen LogP contribution is 2.27. The number of amides is 1. The van der Waals surface area contributed by atoms with Gasteiger partial charge in [-0.3, -0.25) is 4.79 Å². The first-order valence-electron chi connectivity index (χ1n) is 8.24. The number of carbonyl (C=O) groups is 2. The van der Waals surface area contributed by atoms with Crippen molar-refractivity contribution in [2.24, 2.45) is 0 Å². The molecule has 1 atom stereocenters. The molecule has 6 nitrogen and oxygen atoms in total. The normalized spacial score (nSPS) is 12.3. The molecule has 7 heteroatoms. The van der Waals surface area contributed by atoms with Crippen molar-refractivity contribution in [3.05, 3.63) is 50.7 Å². The van der Waals surface area contributed by atoms with Crippen LogP contribution in [0, 0.1) is 20.8 Å². The largest absolute Gasteiger partial charge is 0.477 e. The van der Waals surface area contributed by atoms with Crippen molar-refractivity contribution in [3.8, 4) is 0 Å². The number of carboxylic acid groups (broad SMARTS) is 1. The van der Waals surface area contributed by atoms with Crippen LogP contribution in [-0.4, -0.2) is 22.0 Å². The van der Waals surface area contributed by atoms with Crippen molar-refractivity contribution < 1.29 is 19.1 Å². The van der Waals surface area contributed by atoms with Gasteiger partial charge in [-0.05, 0) is 38.8 Å². The van der Waals surface area contributed by atoms with Crippen LogP contribution in [0.2, 0.25) is 0 Å². The Kier molecular flexibility index (Phi) is 4.82. The Hall–Kier alpha value is -2.67. The molecule has 136 valence electrons. The van der Waals surface area contributed by atoms with Gasteiger partial charge in [-0.2, -0.15) is 0 Å². The third-order valence-electron chi connectivity index (χ3n) is 4.45. The summed E-state index contributed by atoms with van der Waals surface area (Å²) < 4.78 is 5.64. The second kappa shape index (κ2) is 6.92. The summed E-state index contributed by atoms with van der Waals surface area (Å²) in [4.78, 5) is 28.0. The smallest absolute Gasteiger partial charge is 0.347 e. The van der Waals surface area contributed by atoms with Crippen molar-refractivity contribution in [2.75, 3.05) is 0 Å². The number of rotatable bonds is 5. The monoisotopic (exact) mass is 372 g/mol. The maximum Gasteiger partial charge on any atom is 0.347 e. The number of aryl methyl sites for hydroxylation is 3. The van der Waals surface area contributed by atoms with E-state index in [-0.39, 0.29) is 23.2 Å². The third kappa shape index (κ3) is 3.35. The second-order valence-electron chi connectivity index (χ2n) is 6.38. The number of thiazole rings is 1. The first kappa shape index (κ1) is 18.1. The van der Waals surface area contributed by atoms with Crippen LogP contribution in [0.1, 0.15) is 50.0 Å². The van der Waals surface area contributed by atoms with Gasteiger partial charge in [-0.25, -0.2) is 9.78 Å². The summed E-state index contributed by atoms with van der Waals surface area (Å²) in [5.74, 6) is -1.16. The van der Waals surface area contributed by atoms with E-state index in [2.05, 4.69) is 10.3 Å². The van der Waals surface area contributed by atoms with Crippen LogP contribution >= 0.6 is 11.3 Å². The number of furan rings is 1. The molecule has 0 aliphatic carbocycles. The molecule has 0 aliphatic heterocycles. The minimum atomic E-state index is -1.000. The van der Waals surface area contributed by atoms with Crippen molar-refractivity contribution in [3.63, 3.8) is 0 Å². The molecular formula is C19H20N2O4S. The number of nitrogens with one attached hydrogen (secondary N) is 1. The highest BCUT2D eigenvalue weighted by Gasteiger charge is 2.20. The third-order valence-corrected chi connectivity index (χ3v) is 5.78. The SMILES string of the molecule is Cc1ccc2c(CC(=O)NC(C)c3nc(C)c(C(=O)O)s3)coc2c1C. The minimum Gasteiger partial charge on any atom is -0.477 e. The fraction of sp³-hybridized carbons (Fsp3) is 0.316. The molecule has 0 aliphatic rings. The summed E-state index contributed by atoms with van der Waals surface area (Å²) in [6.45, 7) is 7.47. The summed E-state index contributed by atoms with van der Waals surface area (Å²) in [5, 5.41) is 13.5. The zero-order valence-corrected chi connectivity index (χ0v) is 15.9. The van der Waals surface area contributed by atoms with E-state index >= 15 is 0 Å². The van der Waals surface area contributed by atoms with Gasteiger partial charge >= 0.3 is 5.97 Å². The predicted molar refractivity (Wildman–Crippen MR) is 99.8 cm³/mol. The van der Waals surface area contributed by atoms with Gasteiger partial charge in [0.2, 0.25) is 5.91 Å². The highest BCUT2D eigenvalue weighted by atomic mass is 32.1. The van der Waals surface area contributed by atoms with Gasteiger partial charge in [-0.15, -0.1) is 11.3 Å². The quantitative estimate of drug-likeness (QED) is 0.708. The molecule has 0 radical (unpaired) electrons. The van der Waals surface area contributed by atoms with Crippen LogP contribution in [-0.2, 0) is 11.2 Å². The first-order chi connectivity index (χ1) is 12.3. The lowest BCUT2D eigenvalue weighted by molar-refractivity contribution is -0.121. The van der Waals surface area contributed by atoms with Crippen molar-refractivity contribution in [2.45, 2.75) is 40.2 Å². The number of carboxylic acids is 1. The van der Waals surface area contributed by atoms with Gasteiger partial charge in [0.05, 0.1) is 24.4 Å². The van der Waals surface area contributed by atoms with Crippen LogP contribution in [0.5, 0.6) is 0 Å². The fourth-order valence-corrected chi connectivity index (χ4v) is 3.76. The zero-order chi connectivity index (χ0) is 19.0. The molecule has 0 saturated carbocycles. The van der Waals surface area contributed by atoms with Crippen molar-refractivity contribution in [1.29, 1.82) is 0 Å². The molecule has 0 bridgehead atoms. The summed E-state index contributed by atoms with van der Waals surface area (Å²) in [6, 6.07) is 3.63. The van der Waals surface area contributed by atoms with E-state index in [0.29, 0.717) is 10.7 Å². The molecule has 1 unspecified atom stereocenters. The van der Waals surface area contributed by atoms with E-state index in [1.807, 2.05) is 26.0 Å². The number of benzene rings is 1. The van der Waals surface area contributed by atoms with Crippen molar-refractivity contribution in [1.82, 2.24) is 10.3 Å². The number of hydrogen-bond donors (Lipinski definition) is 2. The topological polar surface area (TPSA) is 92.4 Å². The summed E-state index contributed by atoms with van der Waals surface area (Å²) in [5.41, 5.74) is 4.31. The summed E-state index contributed by atoms with van der Waals surface area (Å²) >= 11 is 1.09. The van der Waals surface area contributed by atoms with Crippen molar-refractivity contribution >= 4 is 34.2 Å². The molecule has 26 heavy (non-hydrogen) atoms. The average molecular weight is 372 g/mol. The van der Waals surface area contributed by atoms with Gasteiger partial charge in [0.1, 0.15) is 15.5 Å². The molecular weight excluding hydrogens is 352 g/mol. The molecule has 0 spiro atoms. The van der Waals surface area contributed by atoms with E-state index in [1.54, 1.807) is 20.1 Å². The van der Waals surface area contributed by atoms with Crippen LogP contribution in [0.3, 0.4) is 0 Å². The Morgan fingerprint density at radius 2 is 2.04 bits per heavy atom. The van der Waals surface area contributed by atoms with Gasteiger partial charge < -0.3 is 14.8 Å². The van der Waals surface area contributed by atoms with Crippen LogP contribution in [0.25, 0.3) is 11.0 Å². The predicted octanol–water partition coefficient (Wildman–Crippen LogP) is 3.93. The van der Waals surface area contributed by atoms with E-state index in [0.717, 1.165) is 39.0 Å². The second-order valence-corrected chi connectivity index (χ2v) is 7.41. The van der Waals surface area contributed by atoms with Gasteiger partial charge in [0.25, 0.3) is 0 Å². The number of hydrogen-bond acceptors (Lipinski definition) is 5.